The number of fused-ring (bicyclic) bond motifs is 1. The molecule has 0 amide bonds. The third-order valence-corrected chi connectivity index (χ3v) is 4.09. The smallest absolute Gasteiger partial charge is 0.340 e. The summed E-state index contributed by atoms with van der Waals surface area (Å²) < 4.78 is 11.2. The summed E-state index contributed by atoms with van der Waals surface area (Å²) in [6.45, 7) is 0. The van der Waals surface area contributed by atoms with Gasteiger partial charge in [-0.05, 0) is 29.8 Å². The van der Waals surface area contributed by atoms with Crippen molar-refractivity contribution < 1.29 is 14.3 Å². The molecule has 118 valence electrons. The van der Waals surface area contributed by atoms with Gasteiger partial charge in [0.15, 0.2) is 0 Å². The lowest BCUT2D eigenvalue weighted by Crippen LogP contribution is -2.02. The number of ether oxygens (including phenoxy) is 2. The van der Waals surface area contributed by atoms with Crippen molar-refractivity contribution in [3.63, 3.8) is 0 Å². The molecule has 0 unspecified atom stereocenters. The number of rotatable bonds is 4. The molecule has 0 bridgehead atoms. The monoisotopic (exact) mass is 374 g/mol. The number of nitrogens with zero attached hydrogens (tertiary/aromatic N) is 1. The van der Waals surface area contributed by atoms with E-state index in [1.165, 1.54) is 7.11 Å². The molecule has 1 heterocycles. The van der Waals surface area contributed by atoms with E-state index in [0.29, 0.717) is 28.8 Å². The molecule has 5 nitrogen and oxygen atoms in total. The maximum Gasteiger partial charge on any atom is 0.340 e. The Morgan fingerprint density at radius 2 is 1.91 bits per heavy atom. The largest absolute Gasteiger partial charge is 0.494 e. The Kier molecular flexibility index (Phi) is 4.34. The fourth-order valence-electron chi connectivity index (χ4n) is 2.44. The number of carbonyl (C=O) groups is 1. The minimum atomic E-state index is -0.417. The maximum atomic E-state index is 11.9. The molecule has 0 fully saturated rings. The van der Waals surface area contributed by atoms with Crippen LogP contribution in [0.2, 0.25) is 0 Å². The van der Waals surface area contributed by atoms with Gasteiger partial charge in [0.2, 0.25) is 0 Å². The average molecular weight is 375 g/mol. The first-order valence-electron chi connectivity index (χ1n) is 7.00. The van der Waals surface area contributed by atoms with Crippen molar-refractivity contribution in [2.24, 2.45) is 0 Å². The number of imidazole rings is 1. The van der Waals surface area contributed by atoms with E-state index in [9.17, 15) is 4.79 Å². The molecule has 0 aliphatic heterocycles. The summed E-state index contributed by atoms with van der Waals surface area (Å²) in [6.07, 6.45) is 0.631. The van der Waals surface area contributed by atoms with Crippen molar-refractivity contribution in [1.29, 1.82) is 0 Å². The van der Waals surface area contributed by atoms with Crippen molar-refractivity contribution in [2.45, 2.75) is 6.42 Å². The highest BCUT2D eigenvalue weighted by atomic mass is 79.9. The molecule has 1 N–H and O–H groups in total. The number of esters is 1. The van der Waals surface area contributed by atoms with Gasteiger partial charge in [-0.1, -0.05) is 28.1 Å². The normalized spacial score (nSPS) is 10.7. The van der Waals surface area contributed by atoms with Crippen molar-refractivity contribution in [2.75, 3.05) is 14.2 Å². The Morgan fingerprint density at radius 3 is 2.57 bits per heavy atom. The van der Waals surface area contributed by atoms with E-state index in [2.05, 4.69) is 25.9 Å². The Morgan fingerprint density at radius 1 is 1.17 bits per heavy atom. The van der Waals surface area contributed by atoms with Gasteiger partial charge in [0.25, 0.3) is 0 Å². The van der Waals surface area contributed by atoms with Gasteiger partial charge in [-0.3, -0.25) is 0 Å². The lowest BCUT2D eigenvalue weighted by Gasteiger charge is -2.04. The second-order valence-corrected chi connectivity index (χ2v) is 5.93. The minimum absolute atomic E-state index is 0.417. The van der Waals surface area contributed by atoms with Crippen LogP contribution in [0, 0.1) is 0 Å². The first-order chi connectivity index (χ1) is 11.1. The predicted octanol–water partition coefficient (Wildman–Crippen LogP) is 3.71. The van der Waals surface area contributed by atoms with E-state index in [1.807, 2.05) is 24.3 Å². The van der Waals surface area contributed by atoms with Crippen LogP contribution < -0.4 is 4.74 Å². The van der Waals surface area contributed by atoms with E-state index < -0.39 is 5.97 Å². The second-order valence-electron chi connectivity index (χ2n) is 5.02. The molecule has 0 aliphatic carbocycles. The van der Waals surface area contributed by atoms with Crippen LogP contribution in [-0.4, -0.2) is 30.2 Å². The molecule has 0 saturated carbocycles. The van der Waals surface area contributed by atoms with Crippen molar-refractivity contribution in [3.8, 4) is 5.75 Å². The standard InChI is InChI=1S/C17H15BrN2O3/c1-22-13-8-7-12(17(21)23-2)15-16(13)20-14(19-15)9-10-3-5-11(18)6-4-10/h3-8H,9H2,1-2H3,(H,19,20). The Bertz CT molecular complexity index is 856. The number of hydrogen-bond acceptors (Lipinski definition) is 4. The number of H-pyrrole nitrogens is 1. The van der Waals surface area contributed by atoms with Gasteiger partial charge in [-0.2, -0.15) is 0 Å². The molecule has 0 saturated heterocycles. The first kappa shape index (κ1) is 15.6. The SMILES string of the molecule is COC(=O)c1ccc(OC)c2[nH]c(Cc3ccc(Br)cc3)nc12. The molecular weight excluding hydrogens is 360 g/mol. The summed E-state index contributed by atoms with van der Waals surface area (Å²) in [5.74, 6) is 0.985. The Hall–Kier alpha value is -2.34. The summed E-state index contributed by atoms with van der Waals surface area (Å²) in [5.41, 5.74) is 2.79. The number of aromatic amines is 1. The minimum Gasteiger partial charge on any atom is -0.494 e. The third kappa shape index (κ3) is 3.07. The molecule has 2 aromatic carbocycles. The van der Waals surface area contributed by atoms with Crippen LogP contribution in [0.15, 0.2) is 40.9 Å². The van der Waals surface area contributed by atoms with Gasteiger partial charge in [0, 0.05) is 10.9 Å². The molecule has 6 heteroatoms. The fourth-order valence-corrected chi connectivity index (χ4v) is 2.71. The lowest BCUT2D eigenvalue weighted by molar-refractivity contribution is 0.0603. The molecular formula is C17H15BrN2O3. The van der Waals surface area contributed by atoms with Crippen LogP contribution in [-0.2, 0) is 11.2 Å². The second kappa shape index (κ2) is 6.42. The summed E-state index contributed by atoms with van der Waals surface area (Å²) in [4.78, 5) is 19.7. The number of benzene rings is 2. The van der Waals surface area contributed by atoms with Crippen molar-refractivity contribution in [1.82, 2.24) is 9.97 Å². The van der Waals surface area contributed by atoms with Crippen LogP contribution in [0.1, 0.15) is 21.7 Å². The van der Waals surface area contributed by atoms with Gasteiger partial charge in [0.1, 0.15) is 22.6 Å². The van der Waals surface area contributed by atoms with Crippen LogP contribution in [0.4, 0.5) is 0 Å². The topological polar surface area (TPSA) is 64.2 Å². The number of nitrogens with one attached hydrogen (secondary N) is 1. The molecule has 23 heavy (non-hydrogen) atoms. The molecule has 1 aromatic heterocycles. The van der Waals surface area contributed by atoms with E-state index in [1.54, 1.807) is 19.2 Å². The van der Waals surface area contributed by atoms with E-state index in [0.717, 1.165) is 15.9 Å². The highest BCUT2D eigenvalue weighted by Crippen LogP contribution is 2.28. The molecule has 3 rings (SSSR count). The van der Waals surface area contributed by atoms with Crippen LogP contribution in [0.5, 0.6) is 5.75 Å². The summed E-state index contributed by atoms with van der Waals surface area (Å²) in [7, 11) is 2.94. The van der Waals surface area contributed by atoms with Crippen molar-refractivity contribution >= 4 is 32.9 Å². The Labute approximate surface area is 141 Å². The zero-order valence-electron chi connectivity index (χ0n) is 12.7. The molecule has 0 atom stereocenters. The number of carbonyl (C=O) groups excluding carboxylic acids is 1. The molecule has 0 spiro atoms. The number of halogens is 1. The highest BCUT2D eigenvalue weighted by molar-refractivity contribution is 9.10. The maximum absolute atomic E-state index is 11.9. The summed E-state index contributed by atoms with van der Waals surface area (Å²) in [5, 5.41) is 0. The van der Waals surface area contributed by atoms with Crippen LogP contribution in [0.25, 0.3) is 11.0 Å². The van der Waals surface area contributed by atoms with E-state index in [4.69, 9.17) is 9.47 Å². The van der Waals surface area contributed by atoms with Crippen LogP contribution in [0.3, 0.4) is 0 Å². The van der Waals surface area contributed by atoms with Gasteiger partial charge < -0.3 is 14.5 Å². The summed E-state index contributed by atoms with van der Waals surface area (Å²) >= 11 is 3.42. The van der Waals surface area contributed by atoms with E-state index >= 15 is 0 Å². The predicted molar refractivity (Wildman–Crippen MR) is 90.9 cm³/mol. The zero-order valence-corrected chi connectivity index (χ0v) is 14.3. The average Bonchev–Trinajstić information content (AvgIpc) is 2.98. The zero-order chi connectivity index (χ0) is 16.4. The molecule has 0 radical (unpaired) electrons. The molecule has 3 aromatic rings. The van der Waals surface area contributed by atoms with Gasteiger partial charge in [-0.25, -0.2) is 9.78 Å². The fraction of sp³-hybridized carbons (Fsp3) is 0.176. The van der Waals surface area contributed by atoms with E-state index in [-0.39, 0.29) is 0 Å². The third-order valence-electron chi connectivity index (χ3n) is 3.57. The highest BCUT2D eigenvalue weighted by Gasteiger charge is 2.17. The first-order valence-corrected chi connectivity index (χ1v) is 7.80. The lowest BCUT2D eigenvalue weighted by atomic mass is 10.1. The van der Waals surface area contributed by atoms with Crippen LogP contribution >= 0.6 is 15.9 Å². The van der Waals surface area contributed by atoms with Gasteiger partial charge in [0.05, 0.1) is 19.8 Å². The number of hydrogen-bond donors (Lipinski definition) is 1. The molecule has 0 aliphatic rings. The van der Waals surface area contributed by atoms with Crippen molar-refractivity contribution in [3.05, 3.63) is 57.8 Å². The quantitative estimate of drug-likeness (QED) is 0.707. The number of aromatic nitrogens is 2. The van der Waals surface area contributed by atoms with Gasteiger partial charge in [-0.15, -0.1) is 0 Å². The number of methoxy groups -OCH3 is 2. The van der Waals surface area contributed by atoms with Gasteiger partial charge >= 0.3 is 5.97 Å². The summed E-state index contributed by atoms with van der Waals surface area (Å²) in [6, 6.07) is 11.4. The Balaban J connectivity index is 2.05.